The van der Waals surface area contributed by atoms with Gasteiger partial charge in [-0.1, -0.05) is 17.7 Å². The van der Waals surface area contributed by atoms with E-state index in [-0.39, 0.29) is 35.6 Å². The fraction of sp³-hybridized carbons (Fsp3) is 0.353. The minimum absolute atomic E-state index is 0.111. The first-order valence-electron chi connectivity index (χ1n) is 8.35. The summed E-state index contributed by atoms with van der Waals surface area (Å²) < 4.78 is 27.4. The van der Waals surface area contributed by atoms with Crippen molar-refractivity contribution in [3.63, 3.8) is 0 Å². The average Bonchev–Trinajstić information content (AvgIpc) is 2.64. The molecule has 3 rings (SSSR count). The molecule has 8 nitrogen and oxygen atoms in total. The summed E-state index contributed by atoms with van der Waals surface area (Å²) >= 11 is 5.93. The van der Waals surface area contributed by atoms with Crippen LogP contribution in [0.5, 0.6) is 0 Å². The normalized spacial score (nSPS) is 21.2. The second-order valence-corrected chi connectivity index (χ2v) is 8.68. The number of carbonyl (C=O) groups is 1. The van der Waals surface area contributed by atoms with Crippen LogP contribution in [0, 0.1) is 0 Å². The maximum absolute atomic E-state index is 13.0. The molecule has 1 aliphatic heterocycles. The fourth-order valence-corrected chi connectivity index (χ4v) is 5.10. The molecule has 144 valence electrons. The number of sulfonamides is 1. The molecule has 1 fully saturated rings. The number of hydrogen-bond donors (Lipinski definition) is 1. The zero-order valence-electron chi connectivity index (χ0n) is 14.8. The van der Waals surface area contributed by atoms with E-state index in [1.807, 2.05) is 0 Å². The third-order valence-corrected chi connectivity index (χ3v) is 6.98. The third kappa shape index (κ3) is 3.76. The molecule has 0 radical (unpaired) electrons. The number of nitrogens with one attached hydrogen (secondary N) is 1. The van der Waals surface area contributed by atoms with Crippen LogP contribution in [-0.2, 0) is 10.0 Å². The maximum atomic E-state index is 13.0. The fourth-order valence-electron chi connectivity index (χ4n) is 3.11. The van der Waals surface area contributed by atoms with E-state index in [4.69, 9.17) is 11.6 Å². The van der Waals surface area contributed by atoms with Crippen molar-refractivity contribution in [3.8, 4) is 0 Å². The molecule has 0 aliphatic carbocycles. The predicted molar refractivity (Wildman–Crippen MR) is 100 cm³/mol. The van der Waals surface area contributed by atoms with E-state index >= 15 is 0 Å². The Hall–Kier alpha value is -2.23. The lowest BCUT2D eigenvalue weighted by molar-refractivity contribution is 0.0476. The Labute approximate surface area is 161 Å². The third-order valence-electron chi connectivity index (χ3n) is 4.76. The maximum Gasteiger partial charge on any atom is 0.274 e. The highest BCUT2D eigenvalue weighted by Crippen LogP contribution is 2.27. The molecule has 1 N–H and O–H groups in total. The molecule has 27 heavy (non-hydrogen) atoms. The number of halogens is 1. The summed E-state index contributed by atoms with van der Waals surface area (Å²) in [6, 6.07) is 5.28. The minimum atomic E-state index is -3.74. The summed E-state index contributed by atoms with van der Waals surface area (Å²) in [5.74, 6) is -0.356. The van der Waals surface area contributed by atoms with Crippen molar-refractivity contribution in [1.82, 2.24) is 19.2 Å². The molecule has 0 unspecified atom stereocenters. The summed E-state index contributed by atoms with van der Waals surface area (Å²) in [6.07, 6.45) is 2.30. The minimum Gasteiger partial charge on any atom is -0.332 e. The zero-order chi connectivity index (χ0) is 19.8. The Morgan fingerprint density at radius 2 is 2.00 bits per heavy atom. The van der Waals surface area contributed by atoms with Crippen LogP contribution >= 0.6 is 11.6 Å². The molecule has 1 saturated heterocycles. The molecule has 0 saturated carbocycles. The summed E-state index contributed by atoms with van der Waals surface area (Å²) in [4.78, 5) is 31.8. The van der Waals surface area contributed by atoms with Gasteiger partial charge in [0.1, 0.15) is 5.69 Å². The molecule has 1 amide bonds. The first-order valence-corrected chi connectivity index (χ1v) is 10.2. The summed E-state index contributed by atoms with van der Waals surface area (Å²) in [5.41, 5.74) is -0.287. The lowest BCUT2D eigenvalue weighted by Gasteiger charge is -2.43. The molecule has 1 aromatic heterocycles. The Bertz CT molecular complexity index is 1000. The number of aromatic amines is 1. The first kappa shape index (κ1) is 19.5. The van der Waals surface area contributed by atoms with E-state index in [2.05, 4.69) is 9.97 Å². The molecule has 0 spiro atoms. The van der Waals surface area contributed by atoms with Crippen molar-refractivity contribution < 1.29 is 13.2 Å². The molecule has 10 heteroatoms. The number of aromatic nitrogens is 2. The molecular weight excluding hydrogens is 392 g/mol. The van der Waals surface area contributed by atoms with Crippen LogP contribution in [0.1, 0.15) is 24.3 Å². The quantitative estimate of drug-likeness (QED) is 0.822. The molecular formula is C17H19ClN4O4S. The number of nitrogens with zero attached hydrogens (tertiary/aromatic N) is 3. The summed E-state index contributed by atoms with van der Waals surface area (Å²) in [5, 5.41) is 0.342. The second-order valence-electron chi connectivity index (χ2n) is 6.35. The van der Waals surface area contributed by atoms with E-state index in [9.17, 15) is 18.0 Å². The lowest BCUT2D eigenvalue weighted by Crippen LogP contribution is -2.60. The number of rotatable bonds is 3. The van der Waals surface area contributed by atoms with E-state index in [1.165, 1.54) is 22.6 Å². The van der Waals surface area contributed by atoms with Crippen molar-refractivity contribution in [2.45, 2.75) is 30.8 Å². The van der Waals surface area contributed by atoms with Crippen LogP contribution in [0.3, 0.4) is 0 Å². The van der Waals surface area contributed by atoms with E-state index in [1.54, 1.807) is 30.9 Å². The Balaban J connectivity index is 1.84. The van der Waals surface area contributed by atoms with Crippen molar-refractivity contribution >= 4 is 27.5 Å². The van der Waals surface area contributed by atoms with E-state index in [0.717, 1.165) is 6.20 Å². The van der Waals surface area contributed by atoms with Gasteiger partial charge in [0.05, 0.1) is 11.1 Å². The van der Waals surface area contributed by atoms with Gasteiger partial charge in [-0.25, -0.2) is 13.4 Å². The highest BCUT2D eigenvalue weighted by molar-refractivity contribution is 7.89. The number of benzene rings is 1. The average molecular weight is 411 g/mol. The standard InChI is InChI=1S/C17H19ClN4O4S/c1-11-12(2)22(27(25,26)14-5-3-4-13(18)8-14)7-6-21(11)17(24)15-9-20-16(23)10-19-15/h3-5,8-12H,6-7H2,1-2H3,(H,20,23)/t11-,12+/m0/s1. The van der Waals surface area contributed by atoms with Gasteiger partial charge in [-0.3, -0.25) is 9.59 Å². The van der Waals surface area contributed by atoms with Gasteiger partial charge in [-0.15, -0.1) is 0 Å². The molecule has 0 bridgehead atoms. The van der Waals surface area contributed by atoms with Crippen LogP contribution in [0.25, 0.3) is 0 Å². The predicted octanol–water partition coefficient (Wildman–Crippen LogP) is 1.35. The van der Waals surface area contributed by atoms with Gasteiger partial charge in [0.25, 0.3) is 11.5 Å². The number of H-pyrrole nitrogens is 1. The first-order chi connectivity index (χ1) is 12.7. The Morgan fingerprint density at radius 3 is 2.63 bits per heavy atom. The molecule has 2 atom stereocenters. The van der Waals surface area contributed by atoms with Gasteiger partial charge >= 0.3 is 0 Å². The van der Waals surface area contributed by atoms with Gasteiger partial charge in [0.15, 0.2) is 0 Å². The Morgan fingerprint density at radius 1 is 1.26 bits per heavy atom. The molecule has 1 aliphatic rings. The van der Waals surface area contributed by atoms with Crippen LogP contribution in [-0.4, -0.2) is 58.7 Å². The Kier molecular flexibility index (Phi) is 5.36. The monoisotopic (exact) mass is 410 g/mol. The number of hydrogen-bond acceptors (Lipinski definition) is 5. The van der Waals surface area contributed by atoms with E-state index in [0.29, 0.717) is 5.02 Å². The molecule has 1 aromatic carbocycles. The molecule has 2 aromatic rings. The van der Waals surface area contributed by atoms with Gasteiger partial charge in [0.2, 0.25) is 10.0 Å². The SMILES string of the molecule is C[C@@H]1[C@H](C)N(C(=O)c2c[nH]c(=O)cn2)CCN1S(=O)(=O)c1cccc(Cl)c1. The van der Waals surface area contributed by atoms with Gasteiger partial charge in [-0.05, 0) is 32.0 Å². The largest absolute Gasteiger partial charge is 0.332 e. The van der Waals surface area contributed by atoms with Gasteiger partial charge in [0, 0.05) is 36.4 Å². The van der Waals surface area contributed by atoms with E-state index < -0.39 is 21.6 Å². The van der Waals surface area contributed by atoms with Gasteiger partial charge in [-0.2, -0.15) is 4.31 Å². The zero-order valence-corrected chi connectivity index (χ0v) is 16.4. The van der Waals surface area contributed by atoms with Crippen molar-refractivity contribution in [2.24, 2.45) is 0 Å². The molecule has 2 heterocycles. The number of carbonyl (C=O) groups excluding carboxylic acids is 1. The van der Waals surface area contributed by atoms with Crippen molar-refractivity contribution in [1.29, 1.82) is 0 Å². The number of piperazine rings is 1. The summed E-state index contributed by atoms with van der Waals surface area (Å²) in [6.45, 7) is 3.90. The number of amides is 1. The smallest absolute Gasteiger partial charge is 0.274 e. The van der Waals surface area contributed by atoms with Gasteiger partial charge < -0.3 is 9.88 Å². The topological polar surface area (TPSA) is 103 Å². The van der Waals surface area contributed by atoms with Crippen LogP contribution in [0.2, 0.25) is 5.02 Å². The highest BCUT2D eigenvalue weighted by atomic mass is 35.5. The lowest BCUT2D eigenvalue weighted by atomic mass is 10.1. The van der Waals surface area contributed by atoms with Crippen molar-refractivity contribution in [2.75, 3.05) is 13.1 Å². The van der Waals surface area contributed by atoms with Crippen LogP contribution in [0.15, 0.2) is 46.3 Å². The van der Waals surface area contributed by atoms with Crippen LogP contribution in [0.4, 0.5) is 0 Å². The van der Waals surface area contributed by atoms with Crippen LogP contribution < -0.4 is 5.56 Å². The summed E-state index contributed by atoms with van der Waals surface area (Å²) in [7, 11) is -3.74. The highest BCUT2D eigenvalue weighted by Gasteiger charge is 2.40. The van der Waals surface area contributed by atoms with Crippen molar-refractivity contribution in [3.05, 3.63) is 57.7 Å². The second kappa shape index (κ2) is 7.41.